The van der Waals surface area contributed by atoms with Gasteiger partial charge in [-0.05, 0) is 357 Å². The molecule has 13 saturated carbocycles. The molecular weight excluding hydrogens is 1520 g/mol. The monoisotopic (exact) mass is 1660 g/mol. The summed E-state index contributed by atoms with van der Waals surface area (Å²) in [5, 5.41) is 45.7. The zero-order valence-electron chi connectivity index (χ0n) is 74.0. The van der Waals surface area contributed by atoms with Crippen LogP contribution < -0.4 is 0 Å². The van der Waals surface area contributed by atoms with Gasteiger partial charge in [0.05, 0.1) is 43.1 Å². The molecule has 0 aromatic carbocycles. The molecule has 13 fully saturated rings. The highest BCUT2D eigenvalue weighted by molar-refractivity contribution is 6.30. The number of aromatic nitrogens is 8. The number of hydrogen-bond acceptors (Lipinski definition) is 9. The Kier molecular flexibility index (Phi) is 24.2. The van der Waals surface area contributed by atoms with E-state index in [0.717, 1.165) is 161 Å². The fraction of sp³-hybridized carbons (Fsp3) is 0.698. The van der Waals surface area contributed by atoms with Crippen molar-refractivity contribution in [1.82, 2.24) is 38.2 Å². The molecule has 28 atom stereocenters. The highest BCUT2D eigenvalue weighted by atomic mass is 35.5. The van der Waals surface area contributed by atoms with Gasteiger partial charge in [0.1, 0.15) is 17.9 Å². The summed E-state index contributed by atoms with van der Waals surface area (Å²) in [7, 11) is 1.70. The zero-order chi connectivity index (χ0) is 84.0. The number of nitrogens with zero attached hydrogens (tertiary/aromatic N) is 8. The van der Waals surface area contributed by atoms with Crippen molar-refractivity contribution < 1.29 is 29.6 Å². The second-order valence-electron chi connectivity index (χ2n) is 44.2. The van der Waals surface area contributed by atoms with Crippen molar-refractivity contribution in [3.8, 4) is 23.1 Å². The van der Waals surface area contributed by atoms with Gasteiger partial charge in [0.15, 0.2) is 0 Å². The van der Waals surface area contributed by atoms with Crippen molar-refractivity contribution in [1.29, 1.82) is 0 Å². The van der Waals surface area contributed by atoms with Crippen molar-refractivity contribution in [2.45, 2.75) is 295 Å². The molecule has 4 N–H and O–H groups in total. The Labute approximate surface area is 729 Å². The quantitative estimate of drug-likeness (QED) is 0.0671. The lowest BCUT2D eigenvalue weighted by atomic mass is 9.51. The number of methoxy groups -OCH3 is 1. The number of alkyl halides is 1. The topological polar surface area (TPSA) is 161 Å². The Morgan fingerprint density at radius 3 is 1.01 bits per heavy atom. The number of ether oxygens (including phenoxy) is 1. The Hall–Kier alpha value is -6.10. The highest BCUT2D eigenvalue weighted by Crippen LogP contribution is 2.70. The van der Waals surface area contributed by atoms with Gasteiger partial charge in [0, 0.05) is 107 Å². The van der Waals surface area contributed by atoms with Gasteiger partial charge in [-0.15, -0.1) is 0 Å². The molecule has 652 valence electrons. The molecule has 17 aliphatic carbocycles. The molecule has 0 amide bonds. The molecule has 0 radical (unpaired) electrons. The Morgan fingerprint density at radius 1 is 0.405 bits per heavy atom. The third-order valence-electron chi connectivity index (χ3n) is 38.0. The largest absolute Gasteiger partial charge is 0.387 e. The van der Waals surface area contributed by atoms with Crippen LogP contribution in [0.3, 0.4) is 0 Å². The number of aliphatic hydroxyl groups is 4. The van der Waals surface area contributed by atoms with Crippen LogP contribution >= 0.6 is 11.6 Å². The first kappa shape index (κ1) is 85.7. The third-order valence-corrected chi connectivity index (χ3v) is 38.1. The lowest BCUT2D eigenvalue weighted by molar-refractivity contribution is -0.0676. The standard InChI is InChI=1S/C29H38N2O.C26H33ClN2O.C26H38N2O2.C25H35FN2O/c1-20(18-31-16-15-30-19-31)26-7-8-27-25-6-5-22-17-29(32,13-9-21-3-4-21)14-11-23(22)24(25)10-12-28(26,27)2;1-18(16-29-14-13-28-17-29)23-5-6-24-22-4-3-19-15-26(30,11-12-27)10-8-20(19)21(22)7-9-25(23,24)2;1-18(15-28-13-12-27-17-28)23-6-7-24-22-5-4-19-14-26(29,16-30-3)11-9-20(19)21(22)8-10-25(23,24)2;1-17(14-28-12-11-27-16-28)22-5-6-23-21-4-3-18-13-25(29,15-26)10-8-19(18)20(21)7-9-24(22,23)2/h5,15-16,19,21,23-27,32H,1,3-4,6-8,10-12,14,17-18H2,2H3;3,13-14,17,20-24,30H,1,4-10,15-16H2,2H3;4,12-13,17,20-24,29H,1,5-11,14-16H2,2-3H3;3,11-12,16,19-23,29H,1,4-10,13-15H2,2H3/t23-,24+,25+,26+,27-,28+,29+;20-,21+,22+,23+,24-,25+,26-;20-,21+,22+,23+,24-,25+,26+;19-,20+,21+,22+,23-,24+,25+/m0000/s1. The van der Waals surface area contributed by atoms with E-state index in [9.17, 15) is 24.8 Å². The summed E-state index contributed by atoms with van der Waals surface area (Å²) in [5.41, 5.74) is 9.54. The SMILES string of the molecule is C=C(Cn1ccnc1)[C@H]1CC[C@H]2[C@@H]3CC=C4C[C@@](O)(C#CC5CC5)CC[C@@H]4[C@H]3CC[C@]12C.C=C(Cn1ccnc1)[C@H]1CC[C@H]2[C@@H]3CC=C4C[C@@](O)(C#CCl)CC[C@@H]4[C@H]3CC[C@]12C.C=C(Cn1ccnc1)[C@H]1CC[C@H]2[C@@H]3CC=C4C[C@@](O)(CF)CC[C@@H]4[C@H]3CC[C@]12C.C=C(Cn1ccnc1)[C@H]1CC[C@H]2[C@@H]3CC=C4C[C@@](O)(COC)CC[C@@H]4[C@H]3CC[C@]12C. The molecule has 121 heavy (non-hydrogen) atoms. The van der Waals surface area contributed by atoms with Crippen LogP contribution in [0.1, 0.15) is 246 Å². The minimum absolute atomic E-state index is 0.360. The summed E-state index contributed by atoms with van der Waals surface area (Å²) in [6.07, 6.45) is 71.7. The molecule has 4 heterocycles. The van der Waals surface area contributed by atoms with E-state index in [1.807, 2.05) is 62.5 Å². The van der Waals surface area contributed by atoms with Crippen LogP contribution in [0.15, 0.2) is 170 Å². The average Bonchev–Trinajstić information content (AvgIpc) is 1.40. The molecule has 0 unspecified atom stereocenters. The van der Waals surface area contributed by atoms with Crippen molar-refractivity contribution in [3.05, 3.63) is 170 Å². The number of allylic oxidation sites excluding steroid dienone is 8. The lowest BCUT2D eigenvalue weighted by Crippen LogP contribution is -2.48. The van der Waals surface area contributed by atoms with E-state index < -0.39 is 29.1 Å². The summed E-state index contributed by atoms with van der Waals surface area (Å²) in [5.74, 6) is 24.7. The lowest BCUT2D eigenvalue weighted by Gasteiger charge is -2.54. The van der Waals surface area contributed by atoms with Crippen LogP contribution in [-0.4, -0.2) is 101 Å². The zero-order valence-corrected chi connectivity index (χ0v) is 74.8. The Balaban J connectivity index is 0.000000111. The fourth-order valence-electron chi connectivity index (χ4n) is 32.2. The van der Waals surface area contributed by atoms with Crippen molar-refractivity contribution >= 4 is 11.6 Å². The maximum absolute atomic E-state index is 13.3. The van der Waals surface area contributed by atoms with E-state index >= 15 is 0 Å². The molecular formula is C106H144ClFN8O5. The Bertz CT molecular complexity index is 4670. The van der Waals surface area contributed by atoms with E-state index in [0.29, 0.717) is 101 Å². The fourth-order valence-corrected chi connectivity index (χ4v) is 32.3. The third kappa shape index (κ3) is 16.5. The minimum Gasteiger partial charge on any atom is -0.387 e. The molecule has 21 rings (SSSR count). The number of imidazole rings is 4. The van der Waals surface area contributed by atoms with Crippen LogP contribution in [0.25, 0.3) is 0 Å². The molecule has 0 saturated heterocycles. The maximum atomic E-state index is 13.3. The first-order chi connectivity index (χ1) is 58.3. The molecule has 4 aromatic heterocycles. The Morgan fingerprint density at radius 2 is 0.711 bits per heavy atom. The van der Waals surface area contributed by atoms with Gasteiger partial charge >= 0.3 is 0 Å². The van der Waals surface area contributed by atoms with Gasteiger partial charge in [-0.25, -0.2) is 24.3 Å². The maximum Gasteiger partial charge on any atom is 0.130 e. The van der Waals surface area contributed by atoms with Crippen LogP contribution in [0.4, 0.5) is 4.39 Å². The van der Waals surface area contributed by atoms with Gasteiger partial charge in [-0.3, -0.25) is 0 Å². The first-order valence-electron chi connectivity index (χ1n) is 48.1. The average molecular weight is 1660 g/mol. The van der Waals surface area contributed by atoms with E-state index in [1.165, 1.54) is 179 Å². The van der Waals surface area contributed by atoms with Gasteiger partial charge in [0.25, 0.3) is 0 Å². The van der Waals surface area contributed by atoms with E-state index in [1.54, 1.807) is 7.11 Å². The van der Waals surface area contributed by atoms with Gasteiger partial charge in [0.2, 0.25) is 0 Å². The van der Waals surface area contributed by atoms with Crippen LogP contribution in [0, 0.1) is 169 Å². The second-order valence-corrected chi connectivity index (χ2v) is 44.4. The van der Waals surface area contributed by atoms with E-state index in [-0.39, 0.29) is 0 Å². The van der Waals surface area contributed by atoms with Crippen molar-refractivity contribution in [2.24, 2.45) is 146 Å². The molecule has 17 aliphatic rings. The van der Waals surface area contributed by atoms with Crippen LogP contribution in [-0.2, 0) is 30.9 Å². The number of halogens is 2. The van der Waals surface area contributed by atoms with Gasteiger partial charge < -0.3 is 43.4 Å². The van der Waals surface area contributed by atoms with Crippen LogP contribution in [0.2, 0.25) is 0 Å². The number of rotatable bonds is 15. The molecule has 0 spiro atoms. The predicted molar refractivity (Wildman–Crippen MR) is 480 cm³/mol. The minimum atomic E-state index is -1.10. The summed E-state index contributed by atoms with van der Waals surface area (Å²) in [6.45, 7) is 31.9. The highest BCUT2D eigenvalue weighted by Gasteiger charge is 2.62. The summed E-state index contributed by atoms with van der Waals surface area (Å²) >= 11 is 5.62. The second kappa shape index (κ2) is 34.2. The summed E-state index contributed by atoms with van der Waals surface area (Å²) in [6, 6.07) is 0. The normalized spacial score (nSPS) is 42.9. The van der Waals surface area contributed by atoms with Crippen molar-refractivity contribution in [3.63, 3.8) is 0 Å². The smallest absolute Gasteiger partial charge is 0.130 e. The predicted octanol–water partition coefficient (Wildman–Crippen LogP) is 21.7. The number of hydrogen-bond donors (Lipinski definition) is 4. The van der Waals surface area contributed by atoms with Crippen LogP contribution in [0.5, 0.6) is 0 Å². The van der Waals surface area contributed by atoms with Gasteiger partial charge in [-0.2, -0.15) is 0 Å². The summed E-state index contributed by atoms with van der Waals surface area (Å²) < 4.78 is 27.3. The first-order valence-corrected chi connectivity index (χ1v) is 48.5. The molecule has 15 heteroatoms. The molecule has 13 nitrogen and oxygen atoms in total. The van der Waals surface area contributed by atoms with Gasteiger partial charge in [-0.1, -0.05) is 141 Å². The molecule has 4 aromatic rings. The van der Waals surface area contributed by atoms with E-state index in [2.05, 4.69) is 152 Å². The molecule has 0 aliphatic heterocycles. The molecule has 0 bridgehead atoms. The van der Waals surface area contributed by atoms with E-state index in [4.69, 9.17) is 16.3 Å². The number of fused-ring (bicyclic) bond motifs is 20. The summed E-state index contributed by atoms with van der Waals surface area (Å²) in [4.78, 5) is 16.8. The van der Waals surface area contributed by atoms with Crippen molar-refractivity contribution in [2.75, 3.05) is 20.4 Å².